The van der Waals surface area contributed by atoms with Crippen molar-refractivity contribution < 1.29 is 9.18 Å². The van der Waals surface area contributed by atoms with Crippen LogP contribution in [0, 0.1) is 26.6 Å². The lowest BCUT2D eigenvalue weighted by atomic mass is 10.1. The van der Waals surface area contributed by atoms with E-state index >= 15 is 0 Å². The molecule has 0 fully saturated rings. The number of aromatic nitrogens is 3. The van der Waals surface area contributed by atoms with Crippen LogP contribution in [-0.2, 0) is 6.54 Å². The van der Waals surface area contributed by atoms with E-state index in [4.69, 9.17) is 0 Å². The van der Waals surface area contributed by atoms with Gasteiger partial charge in [0, 0.05) is 12.4 Å². The van der Waals surface area contributed by atoms with E-state index in [-0.39, 0.29) is 17.8 Å². The SMILES string of the molecule is Cc1ccc(NC(=O)c2c(C)ccn(Cc3cnc(C)cn3)c2=O)c(F)c1. The third-order valence-electron chi connectivity index (χ3n) is 4.14. The number of benzene rings is 1. The first-order valence-electron chi connectivity index (χ1n) is 8.40. The van der Waals surface area contributed by atoms with Crippen molar-refractivity contribution in [2.45, 2.75) is 27.3 Å². The number of carbonyl (C=O) groups excluding carboxylic acids is 1. The van der Waals surface area contributed by atoms with E-state index in [0.29, 0.717) is 11.3 Å². The molecule has 1 aromatic carbocycles. The Morgan fingerprint density at radius 1 is 1.15 bits per heavy atom. The largest absolute Gasteiger partial charge is 0.319 e. The van der Waals surface area contributed by atoms with E-state index in [2.05, 4.69) is 15.3 Å². The Labute approximate surface area is 155 Å². The van der Waals surface area contributed by atoms with Gasteiger partial charge in [0.2, 0.25) is 0 Å². The summed E-state index contributed by atoms with van der Waals surface area (Å²) >= 11 is 0. The van der Waals surface area contributed by atoms with Crippen molar-refractivity contribution in [1.82, 2.24) is 14.5 Å². The average molecular weight is 366 g/mol. The molecule has 0 aliphatic carbocycles. The third-order valence-corrected chi connectivity index (χ3v) is 4.14. The molecule has 2 heterocycles. The number of carbonyl (C=O) groups is 1. The van der Waals surface area contributed by atoms with Crippen LogP contribution in [0.4, 0.5) is 10.1 Å². The maximum absolute atomic E-state index is 14.0. The molecule has 1 N–H and O–H groups in total. The molecule has 0 aliphatic heterocycles. The van der Waals surface area contributed by atoms with Crippen LogP contribution >= 0.6 is 0 Å². The standard InChI is InChI=1S/C20H19FN4O2/c1-12-4-5-17(16(21)8-12)24-19(26)18-13(2)6-7-25(20(18)27)11-15-10-22-14(3)9-23-15/h4-10H,11H2,1-3H3,(H,24,26). The van der Waals surface area contributed by atoms with Crippen molar-refractivity contribution in [3.05, 3.63) is 87.1 Å². The van der Waals surface area contributed by atoms with E-state index in [1.54, 1.807) is 44.6 Å². The first-order chi connectivity index (χ1) is 12.8. The Balaban J connectivity index is 1.91. The van der Waals surface area contributed by atoms with Crippen molar-refractivity contribution in [2.75, 3.05) is 5.32 Å². The normalized spacial score (nSPS) is 10.7. The number of rotatable bonds is 4. The van der Waals surface area contributed by atoms with Crippen LogP contribution in [0.2, 0.25) is 0 Å². The summed E-state index contributed by atoms with van der Waals surface area (Å²) in [5, 5.41) is 2.48. The van der Waals surface area contributed by atoms with Crippen molar-refractivity contribution >= 4 is 11.6 Å². The lowest BCUT2D eigenvalue weighted by Gasteiger charge is -2.12. The highest BCUT2D eigenvalue weighted by Gasteiger charge is 2.17. The zero-order chi connectivity index (χ0) is 19.6. The molecule has 0 radical (unpaired) electrons. The molecule has 0 atom stereocenters. The van der Waals surface area contributed by atoms with Crippen LogP contribution < -0.4 is 10.9 Å². The number of pyridine rings is 1. The molecule has 0 saturated carbocycles. The molecule has 0 aliphatic rings. The van der Waals surface area contributed by atoms with Gasteiger partial charge in [-0.1, -0.05) is 6.07 Å². The van der Waals surface area contributed by atoms with Crippen LogP contribution in [0.25, 0.3) is 0 Å². The smallest absolute Gasteiger partial charge is 0.264 e. The van der Waals surface area contributed by atoms with Crippen LogP contribution in [-0.4, -0.2) is 20.4 Å². The highest BCUT2D eigenvalue weighted by atomic mass is 19.1. The molecule has 3 aromatic rings. The highest BCUT2D eigenvalue weighted by Crippen LogP contribution is 2.16. The number of amides is 1. The first kappa shape index (κ1) is 18.4. The Hall–Kier alpha value is -3.35. The fourth-order valence-electron chi connectivity index (χ4n) is 2.65. The minimum Gasteiger partial charge on any atom is -0.319 e. The number of hydrogen-bond donors (Lipinski definition) is 1. The van der Waals surface area contributed by atoms with Gasteiger partial charge in [-0.15, -0.1) is 0 Å². The summed E-state index contributed by atoms with van der Waals surface area (Å²) in [5.41, 5.74) is 2.15. The summed E-state index contributed by atoms with van der Waals surface area (Å²) in [4.78, 5) is 33.8. The summed E-state index contributed by atoms with van der Waals surface area (Å²) in [6, 6.07) is 6.15. The number of aryl methyl sites for hydroxylation is 3. The molecular formula is C20H19FN4O2. The average Bonchev–Trinajstić information content (AvgIpc) is 2.62. The molecule has 0 saturated heterocycles. The lowest BCUT2D eigenvalue weighted by molar-refractivity contribution is 0.102. The third kappa shape index (κ3) is 4.08. The summed E-state index contributed by atoms with van der Waals surface area (Å²) in [6.45, 7) is 5.42. The van der Waals surface area contributed by atoms with Crippen molar-refractivity contribution in [3.8, 4) is 0 Å². The predicted octanol–water partition coefficient (Wildman–Crippen LogP) is 3.00. The zero-order valence-electron chi connectivity index (χ0n) is 15.3. The predicted molar refractivity (Wildman–Crippen MR) is 100 cm³/mol. The number of anilines is 1. The monoisotopic (exact) mass is 366 g/mol. The van der Waals surface area contributed by atoms with Gasteiger partial charge in [0.25, 0.3) is 11.5 Å². The van der Waals surface area contributed by atoms with Crippen molar-refractivity contribution in [3.63, 3.8) is 0 Å². The lowest BCUT2D eigenvalue weighted by Crippen LogP contribution is -2.30. The Morgan fingerprint density at radius 2 is 1.93 bits per heavy atom. The number of halogens is 1. The van der Waals surface area contributed by atoms with Crippen LogP contribution in [0.5, 0.6) is 0 Å². The van der Waals surface area contributed by atoms with E-state index in [0.717, 1.165) is 11.3 Å². The molecule has 27 heavy (non-hydrogen) atoms. The molecule has 7 heteroatoms. The highest BCUT2D eigenvalue weighted by molar-refractivity contribution is 6.05. The van der Waals surface area contributed by atoms with Gasteiger partial charge in [-0.2, -0.15) is 0 Å². The van der Waals surface area contributed by atoms with Gasteiger partial charge in [-0.05, 0) is 50.1 Å². The molecule has 0 spiro atoms. The van der Waals surface area contributed by atoms with Gasteiger partial charge in [-0.3, -0.25) is 19.6 Å². The van der Waals surface area contributed by atoms with Gasteiger partial charge >= 0.3 is 0 Å². The number of nitrogens with zero attached hydrogens (tertiary/aromatic N) is 3. The van der Waals surface area contributed by atoms with Gasteiger partial charge in [0.15, 0.2) is 0 Å². The van der Waals surface area contributed by atoms with Gasteiger partial charge in [0.05, 0.1) is 29.8 Å². The molecular weight excluding hydrogens is 347 g/mol. The molecule has 138 valence electrons. The molecule has 0 unspecified atom stereocenters. The maximum Gasteiger partial charge on any atom is 0.264 e. The van der Waals surface area contributed by atoms with E-state index in [1.165, 1.54) is 16.7 Å². The van der Waals surface area contributed by atoms with E-state index in [1.807, 2.05) is 6.92 Å². The minimum absolute atomic E-state index is 0.0301. The molecule has 6 nitrogen and oxygen atoms in total. The molecule has 3 rings (SSSR count). The topological polar surface area (TPSA) is 76.9 Å². The summed E-state index contributed by atoms with van der Waals surface area (Å²) in [6.07, 6.45) is 4.80. The fourth-order valence-corrected chi connectivity index (χ4v) is 2.65. The second-order valence-corrected chi connectivity index (χ2v) is 6.39. The van der Waals surface area contributed by atoms with Crippen LogP contribution in [0.1, 0.15) is 32.9 Å². The van der Waals surface area contributed by atoms with Crippen molar-refractivity contribution in [1.29, 1.82) is 0 Å². The number of hydrogen-bond acceptors (Lipinski definition) is 4. The van der Waals surface area contributed by atoms with Crippen molar-refractivity contribution in [2.24, 2.45) is 0 Å². The van der Waals surface area contributed by atoms with Gasteiger partial charge < -0.3 is 9.88 Å². The summed E-state index contributed by atoms with van der Waals surface area (Å²) in [7, 11) is 0. The minimum atomic E-state index is -0.649. The quantitative estimate of drug-likeness (QED) is 0.770. The number of nitrogens with one attached hydrogen (secondary N) is 1. The van der Waals surface area contributed by atoms with Gasteiger partial charge in [-0.25, -0.2) is 4.39 Å². The van der Waals surface area contributed by atoms with Crippen LogP contribution in [0.15, 0.2) is 47.7 Å². The second-order valence-electron chi connectivity index (χ2n) is 6.39. The van der Waals surface area contributed by atoms with E-state index in [9.17, 15) is 14.0 Å². The maximum atomic E-state index is 14.0. The molecule has 1 amide bonds. The van der Waals surface area contributed by atoms with Gasteiger partial charge in [0.1, 0.15) is 11.4 Å². The Bertz CT molecular complexity index is 1060. The fraction of sp³-hybridized carbons (Fsp3) is 0.200. The van der Waals surface area contributed by atoms with Crippen LogP contribution in [0.3, 0.4) is 0 Å². The molecule has 2 aromatic heterocycles. The summed E-state index contributed by atoms with van der Waals surface area (Å²) < 4.78 is 15.4. The zero-order valence-corrected chi connectivity index (χ0v) is 15.3. The molecule has 0 bridgehead atoms. The first-order valence-corrected chi connectivity index (χ1v) is 8.40. The second kappa shape index (κ2) is 7.49. The van der Waals surface area contributed by atoms with E-state index < -0.39 is 17.3 Å². The summed E-state index contributed by atoms with van der Waals surface area (Å²) in [5.74, 6) is -1.20. The Kier molecular flexibility index (Phi) is 5.12. The Morgan fingerprint density at radius 3 is 2.59 bits per heavy atom.